The molecule has 1 heterocycles. The highest BCUT2D eigenvalue weighted by atomic mass is 16.7. The molecule has 3 aromatic carbocycles. The number of phenols is 1. The molecule has 1 saturated heterocycles. The SMILES string of the molecule is O=C(C=Cc1ccc(O)cc1)c1c(OCc2ccccc2)cccc1O[C@@H]1O[C@H](CO)[C@@H](O)[C@H](O)[C@H]1O. The number of aliphatic hydroxyl groups is 4. The Hall–Kier alpha value is -3.73. The molecular weight excluding hydrogens is 480 g/mol. The molecule has 0 spiro atoms. The second-order valence-corrected chi connectivity index (χ2v) is 8.51. The second kappa shape index (κ2) is 12.0. The minimum atomic E-state index is -1.65. The average Bonchev–Trinajstić information content (AvgIpc) is 2.92. The maximum atomic E-state index is 13.4. The third kappa shape index (κ3) is 6.34. The zero-order chi connectivity index (χ0) is 26.4. The van der Waals surface area contributed by atoms with Crippen LogP contribution < -0.4 is 9.47 Å². The molecular formula is C28H28O9. The molecule has 3 aromatic rings. The van der Waals surface area contributed by atoms with Gasteiger partial charge in [-0.2, -0.15) is 0 Å². The van der Waals surface area contributed by atoms with E-state index in [0.29, 0.717) is 5.56 Å². The molecule has 37 heavy (non-hydrogen) atoms. The molecule has 0 amide bonds. The van der Waals surface area contributed by atoms with Crippen LogP contribution in [-0.2, 0) is 11.3 Å². The highest BCUT2D eigenvalue weighted by Gasteiger charge is 2.45. The third-order valence-corrected chi connectivity index (χ3v) is 5.88. The first-order valence-electron chi connectivity index (χ1n) is 11.7. The van der Waals surface area contributed by atoms with Gasteiger partial charge in [-0.25, -0.2) is 0 Å². The van der Waals surface area contributed by atoms with Crippen molar-refractivity contribution in [3.8, 4) is 17.2 Å². The summed E-state index contributed by atoms with van der Waals surface area (Å²) in [5.74, 6) is -0.156. The van der Waals surface area contributed by atoms with Gasteiger partial charge in [0.25, 0.3) is 0 Å². The fraction of sp³-hybridized carbons (Fsp3) is 0.250. The lowest BCUT2D eigenvalue weighted by atomic mass is 9.99. The van der Waals surface area contributed by atoms with Crippen molar-refractivity contribution in [2.75, 3.05) is 6.61 Å². The highest BCUT2D eigenvalue weighted by Crippen LogP contribution is 2.33. The van der Waals surface area contributed by atoms with Crippen molar-refractivity contribution in [1.29, 1.82) is 0 Å². The van der Waals surface area contributed by atoms with Crippen molar-refractivity contribution < 1.29 is 44.5 Å². The number of ether oxygens (including phenoxy) is 3. The molecule has 0 bridgehead atoms. The number of carbonyl (C=O) groups excluding carboxylic acids is 1. The maximum absolute atomic E-state index is 13.4. The molecule has 194 valence electrons. The summed E-state index contributed by atoms with van der Waals surface area (Å²) < 4.78 is 17.2. The van der Waals surface area contributed by atoms with Crippen LogP contribution in [0.5, 0.6) is 17.2 Å². The smallest absolute Gasteiger partial charge is 0.229 e. The second-order valence-electron chi connectivity index (χ2n) is 8.51. The van der Waals surface area contributed by atoms with Crippen LogP contribution in [-0.4, -0.2) is 68.6 Å². The average molecular weight is 509 g/mol. The first-order chi connectivity index (χ1) is 17.9. The lowest BCUT2D eigenvalue weighted by molar-refractivity contribution is -0.277. The fourth-order valence-corrected chi connectivity index (χ4v) is 3.84. The summed E-state index contributed by atoms with van der Waals surface area (Å²) in [6.07, 6.45) is -4.61. The normalized spacial score (nSPS) is 23.6. The number of carbonyl (C=O) groups is 1. The number of rotatable bonds is 9. The highest BCUT2D eigenvalue weighted by molar-refractivity contribution is 6.10. The van der Waals surface area contributed by atoms with Gasteiger partial charge in [0, 0.05) is 0 Å². The summed E-state index contributed by atoms with van der Waals surface area (Å²) in [5, 5.41) is 49.6. The fourth-order valence-electron chi connectivity index (χ4n) is 3.84. The number of benzene rings is 3. The third-order valence-electron chi connectivity index (χ3n) is 5.88. The number of phenolic OH excluding ortho intramolecular Hbond substituents is 1. The lowest BCUT2D eigenvalue weighted by Gasteiger charge is -2.39. The van der Waals surface area contributed by atoms with Crippen molar-refractivity contribution in [3.05, 3.63) is 95.6 Å². The first-order valence-corrected chi connectivity index (χ1v) is 11.7. The molecule has 9 nitrogen and oxygen atoms in total. The molecule has 0 aliphatic carbocycles. The summed E-state index contributed by atoms with van der Waals surface area (Å²) in [4.78, 5) is 13.4. The predicted octanol–water partition coefficient (Wildman–Crippen LogP) is 2.05. The minimum Gasteiger partial charge on any atom is -0.508 e. The van der Waals surface area contributed by atoms with Gasteiger partial charge in [0.05, 0.1) is 6.61 Å². The molecule has 0 unspecified atom stereocenters. The molecule has 4 rings (SSSR count). The Morgan fingerprint density at radius 2 is 1.57 bits per heavy atom. The number of aromatic hydroxyl groups is 1. The van der Waals surface area contributed by atoms with Crippen LogP contribution in [0.2, 0.25) is 0 Å². The molecule has 1 aliphatic rings. The summed E-state index contributed by atoms with van der Waals surface area (Å²) in [6.45, 7) is -0.446. The van der Waals surface area contributed by atoms with Crippen LogP contribution in [0.15, 0.2) is 78.9 Å². The topological polar surface area (TPSA) is 146 Å². The van der Waals surface area contributed by atoms with Gasteiger partial charge in [0.1, 0.15) is 53.8 Å². The van der Waals surface area contributed by atoms with Gasteiger partial charge in [-0.3, -0.25) is 4.79 Å². The van der Waals surface area contributed by atoms with E-state index >= 15 is 0 Å². The number of ketones is 1. The Bertz CT molecular complexity index is 1210. The van der Waals surface area contributed by atoms with Crippen LogP contribution in [0.3, 0.4) is 0 Å². The quantitative estimate of drug-likeness (QED) is 0.216. The summed E-state index contributed by atoms with van der Waals surface area (Å²) in [6, 6.07) is 20.3. The van der Waals surface area contributed by atoms with Crippen molar-refractivity contribution in [2.45, 2.75) is 37.3 Å². The van der Waals surface area contributed by atoms with Crippen LogP contribution in [0.1, 0.15) is 21.5 Å². The van der Waals surface area contributed by atoms with Crippen molar-refractivity contribution in [2.24, 2.45) is 0 Å². The minimum absolute atomic E-state index is 0.00949. The molecule has 1 fully saturated rings. The van der Waals surface area contributed by atoms with Crippen LogP contribution in [0.25, 0.3) is 6.08 Å². The summed E-state index contributed by atoms with van der Waals surface area (Å²) in [7, 11) is 0. The largest absolute Gasteiger partial charge is 0.508 e. The molecule has 5 atom stereocenters. The zero-order valence-corrected chi connectivity index (χ0v) is 19.8. The van der Waals surface area contributed by atoms with Gasteiger partial charge < -0.3 is 39.7 Å². The van der Waals surface area contributed by atoms with E-state index in [4.69, 9.17) is 14.2 Å². The Morgan fingerprint density at radius 3 is 2.27 bits per heavy atom. The van der Waals surface area contributed by atoms with E-state index < -0.39 is 43.1 Å². The van der Waals surface area contributed by atoms with E-state index in [1.54, 1.807) is 30.3 Å². The molecule has 0 saturated carbocycles. The molecule has 5 N–H and O–H groups in total. The van der Waals surface area contributed by atoms with Crippen molar-refractivity contribution >= 4 is 11.9 Å². The van der Waals surface area contributed by atoms with Gasteiger partial charge in [0.2, 0.25) is 6.29 Å². The number of allylic oxidation sites excluding steroid dienone is 1. The van der Waals surface area contributed by atoms with Gasteiger partial charge in [-0.15, -0.1) is 0 Å². The van der Waals surface area contributed by atoms with E-state index in [2.05, 4.69) is 0 Å². The van der Waals surface area contributed by atoms with Crippen LogP contribution in [0.4, 0.5) is 0 Å². The summed E-state index contributed by atoms with van der Waals surface area (Å²) >= 11 is 0. The van der Waals surface area contributed by atoms with Gasteiger partial charge >= 0.3 is 0 Å². The standard InChI is InChI=1S/C28H28O9/c29-15-23-25(32)26(33)27(34)28(37-23)36-22-8-4-7-21(35-16-18-5-2-1-3-6-18)24(22)20(31)14-11-17-9-12-19(30)13-10-17/h1-14,23,25-30,32-34H,15-16H2/t23-,25-,26+,27-,28-/m1/s1. The van der Waals surface area contributed by atoms with Gasteiger partial charge in [0.15, 0.2) is 5.78 Å². The summed E-state index contributed by atoms with van der Waals surface area (Å²) in [5.41, 5.74) is 1.59. The van der Waals surface area contributed by atoms with Gasteiger partial charge in [-0.1, -0.05) is 54.6 Å². The lowest BCUT2D eigenvalue weighted by Crippen LogP contribution is -2.60. The number of hydrogen-bond donors (Lipinski definition) is 5. The first kappa shape index (κ1) is 26.3. The Balaban J connectivity index is 1.64. The van der Waals surface area contributed by atoms with Gasteiger partial charge in [-0.05, 0) is 41.5 Å². The molecule has 0 aromatic heterocycles. The Labute approximate surface area is 213 Å². The zero-order valence-electron chi connectivity index (χ0n) is 19.8. The monoisotopic (exact) mass is 508 g/mol. The Kier molecular flexibility index (Phi) is 8.54. The number of aliphatic hydroxyl groups excluding tert-OH is 4. The maximum Gasteiger partial charge on any atom is 0.229 e. The van der Waals surface area contributed by atoms with E-state index in [-0.39, 0.29) is 29.4 Å². The molecule has 1 aliphatic heterocycles. The molecule has 9 heteroatoms. The van der Waals surface area contributed by atoms with E-state index in [0.717, 1.165) is 5.56 Å². The van der Waals surface area contributed by atoms with Crippen LogP contribution in [0, 0.1) is 0 Å². The molecule has 0 radical (unpaired) electrons. The van der Waals surface area contributed by atoms with Crippen molar-refractivity contribution in [3.63, 3.8) is 0 Å². The van der Waals surface area contributed by atoms with E-state index in [1.165, 1.54) is 24.3 Å². The predicted molar refractivity (Wildman–Crippen MR) is 133 cm³/mol. The Morgan fingerprint density at radius 1 is 0.865 bits per heavy atom. The van der Waals surface area contributed by atoms with Crippen LogP contribution >= 0.6 is 0 Å². The van der Waals surface area contributed by atoms with Crippen molar-refractivity contribution in [1.82, 2.24) is 0 Å². The number of hydrogen-bond acceptors (Lipinski definition) is 9. The van der Waals surface area contributed by atoms with E-state index in [9.17, 15) is 30.3 Å². The van der Waals surface area contributed by atoms with E-state index in [1.807, 2.05) is 30.3 Å².